The zero-order valence-electron chi connectivity index (χ0n) is 26.8. The molecular weight excluding hydrogens is 772 g/mol. The molecule has 0 bridgehead atoms. The van der Waals surface area contributed by atoms with Crippen LogP contribution in [0, 0.1) is 0 Å². The Labute approximate surface area is 274 Å². The summed E-state index contributed by atoms with van der Waals surface area (Å²) in [5.41, 5.74) is 0. The van der Waals surface area contributed by atoms with Crippen LogP contribution >= 0.6 is 0 Å². The minimum absolute atomic E-state index is 0. The van der Waals surface area contributed by atoms with Crippen LogP contribution < -0.4 is 53.3 Å². The lowest BCUT2D eigenvalue weighted by molar-refractivity contribution is -1.01. The van der Waals surface area contributed by atoms with Gasteiger partial charge in [0, 0.05) is 19.0 Å². The predicted octanol–water partition coefficient (Wildman–Crippen LogP) is -0.909. The topological polar surface area (TPSA) is 56.8 Å². The fraction of sp³-hybridized carbons (Fsp3) is 0.960. The zero-order chi connectivity index (χ0) is 27.9. The summed E-state index contributed by atoms with van der Waals surface area (Å²) in [6.07, 6.45) is 4.78. The van der Waals surface area contributed by atoms with Gasteiger partial charge in [-0.15, -0.1) is 0 Å². The van der Waals surface area contributed by atoms with E-state index in [0.717, 1.165) is 29.8 Å². The zero-order valence-corrected chi connectivity index (χ0v) is 35.1. The molecule has 230 valence electrons. The van der Waals surface area contributed by atoms with Gasteiger partial charge in [0.05, 0.1) is 27.7 Å². The summed E-state index contributed by atoms with van der Waals surface area (Å²) < 4.78 is 22.5. The highest BCUT2D eigenvalue weighted by Gasteiger charge is 2.49. The van der Waals surface area contributed by atoms with Crippen molar-refractivity contribution in [3.05, 3.63) is 0 Å². The largest absolute Gasteiger partial charge is 1.00 e. The number of quaternary nitrogens is 2. The van der Waals surface area contributed by atoms with Crippen molar-refractivity contribution in [3.63, 3.8) is 0 Å². The van der Waals surface area contributed by atoms with Gasteiger partial charge in [-0.1, -0.05) is 0 Å². The quantitative estimate of drug-likeness (QED) is 0.0950. The van der Waals surface area contributed by atoms with E-state index < -0.39 is 33.8 Å². The fourth-order valence-corrected chi connectivity index (χ4v) is 19.3. The van der Waals surface area contributed by atoms with E-state index in [4.69, 9.17) is 12.3 Å². The monoisotopic (exact) mass is 833 g/mol. The molecular formula is C25H61I2N3O4Si4. The van der Waals surface area contributed by atoms with Crippen LogP contribution in [0.4, 0.5) is 0 Å². The molecule has 1 N–H and O–H groups in total. The van der Waals surface area contributed by atoms with Crippen molar-refractivity contribution in [1.82, 2.24) is 5.32 Å². The van der Waals surface area contributed by atoms with Crippen molar-refractivity contribution >= 4 is 39.7 Å². The first kappa shape index (κ1) is 41.7. The Kier molecular flexibility index (Phi) is 18.7. The number of hydrogen-bond acceptors (Lipinski definition) is 4. The molecule has 0 aromatic rings. The number of rotatable bonds is 16. The molecule has 1 amide bonds. The molecule has 1 fully saturated rings. The summed E-state index contributed by atoms with van der Waals surface area (Å²) in [5.74, 6) is 0.169. The maximum absolute atomic E-state index is 12.5. The Hall–Kier alpha value is 1.60. The first-order valence-electron chi connectivity index (χ1n) is 14.2. The van der Waals surface area contributed by atoms with E-state index in [-0.39, 0.29) is 53.9 Å². The minimum atomic E-state index is -2.81. The second kappa shape index (κ2) is 17.0. The SMILES string of the molecule is C[N+]1(C)CC[N+](C)(CCCCCC(=O)NCCC[Si](O[Si](C)(C)C)(O[Si](C)(C)C)O[Si](C)(C)C)CC1.[I-].[I-]. The van der Waals surface area contributed by atoms with Crippen LogP contribution in [0.3, 0.4) is 0 Å². The third-order valence-corrected chi connectivity index (χ3v) is 18.5. The van der Waals surface area contributed by atoms with Gasteiger partial charge in [0.1, 0.15) is 26.2 Å². The van der Waals surface area contributed by atoms with Gasteiger partial charge in [0.15, 0.2) is 25.0 Å². The van der Waals surface area contributed by atoms with Crippen LogP contribution in [0.5, 0.6) is 0 Å². The van der Waals surface area contributed by atoms with Gasteiger partial charge in [-0.05, 0) is 84.6 Å². The molecule has 0 aliphatic carbocycles. The number of halogens is 2. The van der Waals surface area contributed by atoms with E-state index >= 15 is 0 Å². The molecule has 0 radical (unpaired) electrons. The summed E-state index contributed by atoms with van der Waals surface area (Å²) in [4.78, 5) is 12.5. The van der Waals surface area contributed by atoms with Crippen molar-refractivity contribution in [2.24, 2.45) is 0 Å². The second-order valence-electron chi connectivity index (χ2n) is 14.8. The lowest BCUT2D eigenvalue weighted by atomic mass is 10.1. The summed E-state index contributed by atoms with van der Waals surface area (Å²) in [6, 6.07) is 0.776. The van der Waals surface area contributed by atoms with Gasteiger partial charge in [-0.25, -0.2) is 0 Å². The molecule has 0 unspecified atom stereocenters. The molecule has 38 heavy (non-hydrogen) atoms. The third kappa shape index (κ3) is 19.7. The molecule has 0 saturated carbocycles. The highest BCUT2D eigenvalue weighted by molar-refractivity contribution is 6.90. The van der Waals surface area contributed by atoms with Gasteiger partial charge in [-0.2, -0.15) is 0 Å². The Bertz CT molecular complexity index is 649. The Balaban J connectivity index is 0. The molecule has 1 aliphatic heterocycles. The van der Waals surface area contributed by atoms with Crippen LogP contribution in [0.2, 0.25) is 65.0 Å². The first-order valence-corrected chi connectivity index (χ1v) is 26.3. The van der Waals surface area contributed by atoms with E-state index in [1.807, 2.05) is 0 Å². The normalized spacial score (nSPS) is 17.8. The van der Waals surface area contributed by atoms with Crippen LogP contribution in [-0.4, -0.2) is 109 Å². The average Bonchev–Trinajstić information content (AvgIpc) is 2.64. The minimum Gasteiger partial charge on any atom is -1.00 e. The summed E-state index contributed by atoms with van der Waals surface area (Å²) >= 11 is 0. The molecule has 0 aromatic heterocycles. The molecule has 7 nitrogen and oxygen atoms in total. The number of nitrogens with zero attached hydrogens (tertiary/aromatic N) is 2. The molecule has 1 aliphatic rings. The molecule has 0 atom stereocenters. The standard InChI is InChI=1S/C25H60N3O4Si4.2HI/c1-27(2)20-22-28(3,23-21-27)19-15-13-14-17-25(29)26-18-16-24-36(30-33(4,5)6,31-34(7,8)9)32-35(10,11)12;;/h13-24H2,1-12H3;2*1H/q+1;;/p-1. The van der Waals surface area contributed by atoms with Crippen molar-refractivity contribution in [2.75, 3.05) is 60.4 Å². The van der Waals surface area contributed by atoms with E-state index in [0.29, 0.717) is 13.0 Å². The van der Waals surface area contributed by atoms with Gasteiger partial charge in [0.2, 0.25) is 5.91 Å². The lowest BCUT2D eigenvalue weighted by Gasteiger charge is -2.44. The number of amides is 1. The van der Waals surface area contributed by atoms with Crippen molar-refractivity contribution < 1.29 is 74.1 Å². The summed E-state index contributed by atoms with van der Waals surface area (Å²) in [5, 5.41) is 3.15. The Morgan fingerprint density at radius 2 is 1.13 bits per heavy atom. The number of carbonyl (C=O) groups excluding carboxylic acids is 1. The molecule has 0 spiro atoms. The van der Waals surface area contributed by atoms with E-state index in [9.17, 15) is 4.79 Å². The molecule has 13 heteroatoms. The van der Waals surface area contributed by atoms with Gasteiger partial charge in [-0.3, -0.25) is 4.79 Å². The molecule has 0 aromatic carbocycles. The van der Waals surface area contributed by atoms with Crippen LogP contribution in [0.25, 0.3) is 0 Å². The van der Waals surface area contributed by atoms with Gasteiger partial charge < -0.3 is 74.6 Å². The first-order chi connectivity index (χ1) is 16.1. The summed E-state index contributed by atoms with van der Waals surface area (Å²) in [7, 11) is -1.31. The number of piperazine rings is 1. The average molecular weight is 834 g/mol. The number of nitrogens with one attached hydrogen (secondary N) is 1. The van der Waals surface area contributed by atoms with E-state index in [2.05, 4.69) is 85.4 Å². The van der Waals surface area contributed by atoms with Gasteiger partial charge >= 0.3 is 8.80 Å². The van der Waals surface area contributed by atoms with Gasteiger partial charge in [0.25, 0.3) is 0 Å². The maximum atomic E-state index is 12.5. The van der Waals surface area contributed by atoms with Crippen LogP contribution in [0.1, 0.15) is 32.1 Å². The highest BCUT2D eigenvalue weighted by Crippen LogP contribution is 2.29. The number of carbonyl (C=O) groups is 1. The fourth-order valence-electron chi connectivity index (χ4n) is 4.66. The second-order valence-corrected chi connectivity index (χ2v) is 31.8. The Morgan fingerprint density at radius 1 is 0.684 bits per heavy atom. The summed E-state index contributed by atoms with van der Waals surface area (Å²) in [6.45, 7) is 26.9. The molecule has 1 rings (SSSR count). The number of unbranched alkanes of at least 4 members (excludes halogenated alkanes) is 2. The highest BCUT2D eigenvalue weighted by atomic mass is 127. The van der Waals surface area contributed by atoms with Crippen molar-refractivity contribution in [1.29, 1.82) is 0 Å². The van der Waals surface area contributed by atoms with E-state index in [1.165, 1.54) is 43.6 Å². The molecule has 1 heterocycles. The van der Waals surface area contributed by atoms with Crippen LogP contribution in [-0.2, 0) is 17.1 Å². The third-order valence-electron chi connectivity index (χ3n) is 6.46. The van der Waals surface area contributed by atoms with E-state index in [1.54, 1.807) is 0 Å². The smallest absolute Gasteiger partial charge is 0.469 e. The van der Waals surface area contributed by atoms with Crippen molar-refractivity contribution in [3.8, 4) is 0 Å². The number of hydrogen-bond donors (Lipinski definition) is 1. The van der Waals surface area contributed by atoms with Crippen LogP contribution in [0.15, 0.2) is 0 Å². The maximum Gasteiger partial charge on any atom is 0.469 e. The van der Waals surface area contributed by atoms with Crippen molar-refractivity contribution in [2.45, 2.75) is 97.1 Å². The molecule has 1 saturated heterocycles. The predicted molar refractivity (Wildman–Crippen MR) is 163 cm³/mol. The number of likely N-dealkylation sites (N-methyl/N-ethyl adjacent to an activating group) is 2. The Morgan fingerprint density at radius 3 is 1.55 bits per heavy atom. The lowest BCUT2D eigenvalue weighted by Crippen LogP contribution is -3.00.